The minimum absolute atomic E-state index is 0.113. The zero-order valence-electron chi connectivity index (χ0n) is 6.54. The summed E-state index contributed by atoms with van der Waals surface area (Å²) in [4.78, 5) is -0.772. The van der Waals surface area contributed by atoms with Gasteiger partial charge in [-0.3, -0.25) is 4.52 Å². The van der Waals surface area contributed by atoms with Crippen LogP contribution in [0.2, 0.25) is 0 Å². The molecule has 1 atom stereocenters. The molecule has 14 heavy (non-hydrogen) atoms. The van der Waals surface area contributed by atoms with E-state index in [0.29, 0.717) is 0 Å². The third kappa shape index (κ3) is 5.59. The summed E-state index contributed by atoms with van der Waals surface area (Å²) in [7, 11) is -3.93. The van der Waals surface area contributed by atoms with Crippen LogP contribution in [0.4, 0.5) is 0 Å². The number of halogens is 5. The quantitative estimate of drug-likeness (QED) is 0.522. The van der Waals surface area contributed by atoms with Gasteiger partial charge in [0.25, 0.3) is 0 Å². The molecule has 0 saturated heterocycles. The highest BCUT2D eigenvalue weighted by Gasteiger charge is 2.29. The van der Waals surface area contributed by atoms with Crippen LogP contribution < -0.4 is 0 Å². The fourth-order valence-corrected chi connectivity index (χ4v) is 2.17. The number of hydrogen-bond donors (Lipinski definition) is 0. The topological polar surface area (TPSA) is 44.8 Å². The SMILES string of the molecule is O=P(OCl)(OCl)OCC(CCl)C(Cl)Cl. The summed E-state index contributed by atoms with van der Waals surface area (Å²) in [5, 5.41) is 0. The largest absolute Gasteiger partial charge is 0.507 e. The molecule has 0 amide bonds. The lowest BCUT2D eigenvalue weighted by atomic mass is 10.2. The van der Waals surface area contributed by atoms with Gasteiger partial charge in [0.15, 0.2) is 0 Å². The first-order chi connectivity index (χ1) is 6.49. The van der Waals surface area contributed by atoms with Crippen molar-refractivity contribution in [1.29, 1.82) is 0 Å². The molecule has 0 aliphatic carbocycles. The molecule has 0 bridgehead atoms. The normalized spacial score (nSPS) is 14.7. The second-order valence-electron chi connectivity index (χ2n) is 2.13. The summed E-state index contributed by atoms with van der Waals surface area (Å²) >= 11 is 26.2. The molecule has 1 unspecified atom stereocenters. The van der Waals surface area contributed by atoms with Crippen molar-refractivity contribution in [1.82, 2.24) is 0 Å². The first kappa shape index (κ1) is 15.6. The highest BCUT2D eigenvalue weighted by Crippen LogP contribution is 2.52. The number of phosphoric acid groups is 1. The Morgan fingerprint density at radius 3 is 2.00 bits per heavy atom. The van der Waals surface area contributed by atoms with E-state index in [1.54, 1.807) is 0 Å². The highest BCUT2D eigenvalue weighted by atomic mass is 35.5. The van der Waals surface area contributed by atoms with Crippen LogP contribution in [0.5, 0.6) is 0 Å². The first-order valence-corrected chi connectivity index (χ1v) is 6.67. The fraction of sp³-hybridized carbons (Fsp3) is 1.00. The predicted molar refractivity (Wildman–Crippen MR) is 57.1 cm³/mol. The number of rotatable bonds is 7. The molecule has 0 aromatic heterocycles. The Kier molecular flexibility index (Phi) is 8.64. The van der Waals surface area contributed by atoms with Crippen molar-refractivity contribution in [2.24, 2.45) is 5.92 Å². The maximum Gasteiger partial charge on any atom is 0.507 e. The molecule has 0 aliphatic rings. The molecule has 0 aromatic carbocycles. The Bertz CT molecular complexity index is 194. The lowest BCUT2D eigenvalue weighted by Gasteiger charge is -2.16. The van der Waals surface area contributed by atoms with E-state index in [1.807, 2.05) is 0 Å². The lowest BCUT2D eigenvalue weighted by molar-refractivity contribution is 0.195. The Morgan fingerprint density at radius 2 is 1.71 bits per heavy atom. The summed E-state index contributed by atoms with van der Waals surface area (Å²) in [5.74, 6) is -0.325. The van der Waals surface area contributed by atoms with E-state index in [1.165, 1.54) is 0 Å². The van der Waals surface area contributed by atoms with E-state index in [9.17, 15) is 4.57 Å². The van der Waals surface area contributed by atoms with Gasteiger partial charge in [-0.05, 0) is 0 Å². The first-order valence-electron chi connectivity index (χ1n) is 3.18. The highest BCUT2D eigenvalue weighted by molar-refractivity contribution is 7.50. The third-order valence-corrected chi connectivity index (χ3v) is 4.10. The van der Waals surface area contributed by atoms with Gasteiger partial charge in [-0.25, -0.2) is 4.57 Å². The van der Waals surface area contributed by atoms with Crippen LogP contribution in [0.1, 0.15) is 0 Å². The monoisotopic (exact) mass is 324 g/mol. The maximum atomic E-state index is 11.1. The van der Waals surface area contributed by atoms with Crippen LogP contribution in [0.15, 0.2) is 0 Å². The van der Waals surface area contributed by atoms with E-state index < -0.39 is 18.6 Å². The molecule has 0 fully saturated rings. The van der Waals surface area contributed by atoms with Crippen molar-refractivity contribution < 1.29 is 17.2 Å². The van der Waals surface area contributed by atoms with Crippen molar-refractivity contribution in [3.63, 3.8) is 0 Å². The van der Waals surface area contributed by atoms with Gasteiger partial charge in [0.2, 0.25) is 0 Å². The minimum atomic E-state index is -3.93. The molecular weight excluding hydrogens is 320 g/mol. The van der Waals surface area contributed by atoms with Gasteiger partial charge in [0, 0.05) is 11.8 Å². The van der Waals surface area contributed by atoms with Gasteiger partial charge in [-0.15, -0.1) is 34.8 Å². The van der Waals surface area contributed by atoms with Crippen LogP contribution in [0.3, 0.4) is 0 Å². The zero-order chi connectivity index (χ0) is 11.2. The second-order valence-corrected chi connectivity index (χ2v) is 5.86. The molecular formula is C4H6Cl5O4P. The van der Waals surface area contributed by atoms with Crippen LogP contribution in [-0.4, -0.2) is 17.3 Å². The third-order valence-electron chi connectivity index (χ3n) is 1.17. The van der Waals surface area contributed by atoms with Crippen LogP contribution in [0.25, 0.3) is 0 Å². The molecule has 0 rings (SSSR count). The van der Waals surface area contributed by atoms with Crippen molar-refractivity contribution in [2.45, 2.75) is 4.84 Å². The van der Waals surface area contributed by atoms with Gasteiger partial charge in [0.1, 0.15) is 4.84 Å². The standard InChI is InChI=1S/C4H6Cl5O4P/c5-1-3(4(6)7)2-11-14(10,12-8)13-9/h3-4H,1-2H2. The fourth-order valence-electron chi connectivity index (χ4n) is 0.422. The Morgan fingerprint density at radius 1 is 1.21 bits per heavy atom. The van der Waals surface area contributed by atoms with E-state index >= 15 is 0 Å². The van der Waals surface area contributed by atoms with Crippen molar-refractivity contribution in [3.05, 3.63) is 0 Å². The molecule has 0 heterocycles. The summed E-state index contributed by atoms with van der Waals surface area (Å²) in [6.07, 6.45) is 0. The molecule has 0 N–H and O–H groups in total. The average Bonchev–Trinajstić information content (AvgIpc) is 2.18. The van der Waals surface area contributed by atoms with Crippen LogP contribution in [-0.2, 0) is 17.2 Å². The zero-order valence-corrected chi connectivity index (χ0v) is 11.2. The summed E-state index contributed by atoms with van der Waals surface area (Å²) in [5.41, 5.74) is 0. The molecule has 0 aliphatic heterocycles. The van der Waals surface area contributed by atoms with Crippen molar-refractivity contribution in [2.75, 3.05) is 12.5 Å². The number of hydrogen-bond acceptors (Lipinski definition) is 4. The molecule has 0 saturated carbocycles. The number of alkyl halides is 3. The Labute approximate surface area is 107 Å². The van der Waals surface area contributed by atoms with E-state index in [-0.39, 0.29) is 12.5 Å². The van der Waals surface area contributed by atoms with E-state index in [2.05, 4.69) is 12.7 Å². The molecule has 0 spiro atoms. The second kappa shape index (κ2) is 7.77. The molecule has 0 aromatic rings. The van der Waals surface area contributed by atoms with E-state index in [0.717, 1.165) is 0 Å². The Hall–Kier alpha value is 1.56. The smallest absolute Gasteiger partial charge is 0.285 e. The van der Waals surface area contributed by atoms with E-state index in [4.69, 9.17) is 58.5 Å². The lowest BCUT2D eigenvalue weighted by Crippen LogP contribution is -2.17. The predicted octanol–water partition coefficient (Wildman–Crippen LogP) is 4.11. The van der Waals surface area contributed by atoms with Gasteiger partial charge in [-0.1, -0.05) is 0 Å². The summed E-state index contributed by atoms with van der Waals surface area (Å²) in [6, 6.07) is 0. The Balaban J connectivity index is 4.07. The summed E-state index contributed by atoms with van der Waals surface area (Å²) in [6.45, 7) is -0.155. The van der Waals surface area contributed by atoms with Crippen LogP contribution >= 0.6 is 66.4 Å². The van der Waals surface area contributed by atoms with Crippen molar-refractivity contribution in [3.8, 4) is 0 Å². The molecule has 4 nitrogen and oxygen atoms in total. The van der Waals surface area contributed by atoms with Gasteiger partial charge >= 0.3 is 7.82 Å². The molecule has 10 heteroatoms. The maximum absolute atomic E-state index is 11.1. The van der Waals surface area contributed by atoms with Gasteiger partial charge < -0.3 is 0 Å². The minimum Gasteiger partial charge on any atom is -0.285 e. The average molecular weight is 326 g/mol. The van der Waals surface area contributed by atoms with Gasteiger partial charge in [0.05, 0.1) is 30.3 Å². The van der Waals surface area contributed by atoms with Crippen molar-refractivity contribution >= 4 is 66.4 Å². The van der Waals surface area contributed by atoms with Gasteiger partial charge in [-0.2, -0.15) is 8.15 Å². The van der Waals surface area contributed by atoms with Crippen LogP contribution in [0, 0.1) is 5.92 Å². The molecule has 86 valence electrons. The summed E-state index contributed by atoms with van der Waals surface area (Å²) < 4.78 is 23.5. The molecule has 0 radical (unpaired) electrons.